The van der Waals surface area contributed by atoms with E-state index in [2.05, 4.69) is 0 Å². The maximum absolute atomic E-state index is 9.24. The van der Waals surface area contributed by atoms with E-state index in [0.29, 0.717) is 5.56 Å². The number of benzene rings is 1. The first-order chi connectivity index (χ1) is 5.13. The summed E-state index contributed by atoms with van der Waals surface area (Å²) >= 11 is 0. The molecule has 0 aliphatic rings. The zero-order valence-electron chi connectivity index (χ0n) is 6.28. The Kier molecular flexibility index (Phi) is 2.01. The minimum Gasteiger partial charge on any atom is -0.504 e. The first-order valence-electron chi connectivity index (χ1n) is 3.39. The third-order valence-corrected chi connectivity index (χ3v) is 1.54. The summed E-state index contributed by atoms with van der Waals surface area (Å²) < 4.78 is 0. The zero-order valence-corrected chi connectivity index (χ0v) is 6.28. The molecule has 0 spiro atoms. The van der Waals surface area contributed by atoms with Crippen molar-refractivity contribution in [1.29, 1.82) is 0 Å². The third-order valence-electron chi connectivity index (χ3n) is 1.54. The molecule has 3 heteroatoms. The van der Waals surface area contributed by atoms with Crippen molar-refractivity contribution in [2.24, 2.45) is 5.73 Å². The number of aromatic hydroxyl groups is 2. The second kappa shape index (κ2) is 2.80. The topological polar surface area (TPSA) is 66.5 Å². The minimum absolute atomic E-state index is 0.123. The Hall–Kier alpha value is -1.22. The molecule has 0 unspecified atom stereocenters. The monoisotopic (exact) mass is 153 g/mol. The molecule has 1 aromatic carbocycles. The van der Waals surface area contributed by atoms with Crippen molar-refractivity contribution >= 4 is 0 Å². The number of rotatable bonds is 1. The van der Waals surface area contributed by atoms with E-state index in [1.807, 2.05) is 0 Å². The predicted octanol–water partition coefficient (Wildman–Crippen LogP) is 1.12. The van der Waals surface area contributed by atoms with Crippen LogP contribution >= 0.6 is 0 Å². The van der Waals surface area contributed by atoms with Gasteiger partial charge in [0.15, 0.2) is 11.5 Å². The molecule has 0 aliphatic heterocycles. The van der Waals surface area contributed by atoms with Crippen molar-refractivity contribution < 1.29 is 10.2 Å². The van der Waals surface area contributed by atoms with Crippen molar-refractivity contribution in [2.45, 2.75) is 13.0 Å². The second-order valence-corrected chi connectivity index (χ2v) is 2.50. The Morgan fingerprint density at radius 2 is 2.00 bits per heavy atom. The lowest BCUT2D eigenvalue weighted by atomic mass is 10.1. The number of phenolic OH excluding ortho intramolecular Hbond substituents is 2. The number of nitrogens with two attached hydrogens (primary N) is 1. The highest BCUT2D eigenvalue weighted by Gasteiger charge is 2.08. The lowest BCUT2D eigenvalue weighted by molar-refractivity contribution is 0.397. The SMILES string of the molecule is C[C@@H](N)c1cccc(O)c1O. The first kappa shape index (κ1) is 7.88. The van der Waals surface area contributed by atoms with E-state index in [0.717, 1.165) is 0 Å². The van der Waals surface area contributed by atoms with Crippen molar-refractivity contribution in [3.05, 3.63) is 23.8 Å². The molecule has 60 valence electrons. The second-order valence-electron chi connectivity index (χ2n) is 2.50. The van der Waals surface area contributed by atoms with Crippen LogP contribution in [0.2, 0.25) is 0 Å². The maximum Gasteiger partial charge on any atom is 0.162 e. The van der Waals surface area contributed by atoms with Gasteiger partial charge >= 0.3 is 0 Å². The largest absolute Gasteiger partial charge is 0.504 e. The Labute approximate surface area is 65.1 Å². The summed E-state index contributed by atoms with van der Waals surface area (Å²) in [5.41, 5.74) is 6.07. The van der Waals surface area contributed by atoms with Gasteiger partial charge in [0.25, 0.3) is 0 Å². The lowest BCUT2D eigenvalue weighted by Crippen LogP contribution is -2.04. The van der Waals surface area contributed by atoms with Crippen molar-refractivity contribution in [3.63, 3.8) is 0 Å². The van der Waals surface area contributed by atoms with Crippen LogP contribution in [0.4, 0.5) is 0 Å². The van der Waals surface area contributed by atoms with Crippen LogP contribution in [0.3, 0.4) is 0 Å². The molecule has 0 aromatic heterocycles. The van der Waals surface area contributed by atoms with Gasteiger partial charge in [0, 0.05) is 11.6 Å². The molecule has 1 rings (SSSR count). The molecular weight excluding hydrogens is 142 g/mol. The van der Waals surface area contributed by atoms with Gasteiger partial charge in [0.2, 0.25) is 0 Å². The number of hydrogen-bond donors (Lipinski definition) is 3. The van der Waals surface area contributed by atoms with Crippen LogP contribution in [0.1, 0.15) is 18.5 Å². The van der Waals surface area contributed by atoms with E-state index >= 15 is 0 Å². The van der Waals surface area contributed by atoms with Gasteiger partial charge in [-0.2, -0.15) is 0 Å². The fourth-order valence-electron chi connectivity index (χ4n) is 0.916. The van der Waals surface area contributed by atoms with Crippen LogP contribution < -0.4 is 5.73 Å². The van der Waals surface area contributed by atoms with E-state index < -0.39 is 0 Å². The summed E-state index contributed by atoms with van der Waals surface area (Å²) in [7, 11) is 0. The highest BCUT2D eigenvalue weighted by molar-refractivity contribution is 5.45. The van der Waals surface area contributed by atoms with Gasteiger partial charge in [-0.05, 0) is 13.0 Å². The predicted molar refractivity (Wildman–Crippen MR) is 42.4 cm³/mol. The number of para-hydroxylation sites is 1. The summed E-state index contributed by atoms with van der Waals surface area (Å²) in [5, 5.41) is 18.3. The summed E-state index contributed by atoms with van der Waals surface area (Å²) in [4.78, 5) is 0. The van der Waals surface area contributed by atoms with Crippen LogP contribution in [0.15, 0.2) is 18.2 Å². The van der Waals surface area contributed by atoms with Gasteiger partial charge in [-0.3, -0.25) is 0 Å². The average Bonchev–Trinajstić information content (AvgIpc) is 1.94. The number of phenols is 2. The summed E-state index contributed by atoms with van der Waals surface area (Å²) in [6.45, 7) is 1.74. The van der Waals surface area contributed by atoms with Crippen LogP contribution in [0.5, 0.6) is 11.5 Å². The van der Waals surface area contributed by atoms with Crippen molar-refractivity contribution in [2.75, 3.05) is 0 Å². The molecule has 1 aromatic rings. The number of hydrogen-bond acceptors (Lipinski definition) is 3. The van der Waals surface area contributed by atoms with Crippen molar-refractivity contribution in [3.8, 4) is 11.5 Å². The molecule has 3 nitrogen and oxygen atoms in total. The summed E-state index contributed by atoms with van der Waals surface area (Å²) in [6, 6.07) is 4.48. The summed E-state index contributed by atoms with van der Waals surface area (Å²) in [6.07, 6.45) is 0. The Morgan fingerprint density at radius 1 is 1.36 bits per heavy atom. The van der Waals surface area contributed by atoms with Gasteiger partial charge < -0.3 is 15.9 Å². The molecule has 0 saturated heterocycles. The van der Waals surface area contributed by atoms with E-state index in [-0.39, 0.29) is 17.5 Å². The van der Waals surface area contributed by atoms with Gasteiger partial charge in [-0.15, -0.1) is 0 Å². The average molecular weight is 153 g/mol. The van der Waals surface area contributed by atoms with E-state index in [1.165, 1.54) is 6.07 Å². The normalized spacial score (nSPS) is 12.9. The van der Waals surface area contributed by atoms with E-state index in [1.54, 1.807) is 19.1 Å². The molecule has 0 radical (unpaired) electrons. The molecule has 0 aliphatic carbocycles. The van der Waals surface area contributed by atoms with Crippen LogP contribution in [-0.2, 0) is 0 Å². The lowest BCUT2D eigenvalue weighted by Gasteiger charge is -2.08. The molecular formula is C8H11NO2. The molecule has 0 amide bonds. The highest BCUT2D eigenvalue weighted by atomic mass is 16.3. The molecule has 0 bridgehead atoms. The van der Waals surface area contributed by atoms with Gasteiger partial charge in [0.05, 0.1) is 0 Å². The fourth-order valence-corrected chi connectivity index (χ4v) is 0.916. The third kappa shape index (κ3) is 1.43. The van der Waals surface area contributed by atoms with Crippen LogP contribution in [0, 0.1) is 0 Å². The van der Waals surface area contributed by atoms with Gasteiger partial charge in [-0.25, -0.2) is 0 Å². The minimum atomic E-state index is -0.262. The van der Waals surface area contributed by atoms with Crippen LogP contribution in [0.25, 0.3) is 0 Å². The Bertz CT molecular complexity index is 258. The fraction of sp³-hybridized carbons (Fsp3) is 0.250. The van der Waals surface area contributed by atoms with Crippen LogP contribution in [-0.4, -0.2) is 10.2 Å². The molecule has 11 heavy (non-hydrogen) atoms. The molecule has 4 N–H and O–H groups in total. The standard InChI is InChI=1S/C8H11NO2/c1-5(9)6-3-2-4-7(10)8(6)11/h2-5,10-11H,9H2,1H3/t5-/m1/s1. The Morgan fingerprint density at radius 3 is 2.45 bits per heavy atom. The zero-order chi connectivity index (χ0) is 8.43. The Balaban J connectivity index is 3.17. The van der Waals surface area contributed by atoms with Gasteiger partial charge in [0.1, 0.15) is 0 Å². The smallest absolute Gasteiger partial charge is 0.162 e. The summed E-state index contributed by atoms with van der Waals surface area (Å²) in [5.74, 6) is -0.248. The maximum atomic E-state index is 9.24. The highest BCUT2D eigenvalue weighted by Crippen LogP contribution is 2.31. The van der Waals surface area contributed by atoms with Crippen molar-refractivity contribution in [1.82, 2.24) is 0 Å². The molecule has 1 atom stereocenters. The molecule has 0 fully saturated rings. The van der Waals surface area contributed by atoms with E-state index in [4.69, 9.17) is 10.8 Å². The first-order valence-corrected chi connectivity index (χ1v) is 3.39. The molecule has 0 heterocycles. The quantitative estimate of drug-likeness (QED) is 0.529. The molecule has 0 saturated carbocycles. The van der Waals surface area contributed by atoms with E-state index in [9.17, 15) is 5.11 Å². The van der Waals surface area contributed by atoms with Gasteiger partial charge in [-0.1, -0.05) is 12.1 Å².